The van der Waals surface area contributed by atoms with Crippen molar-refractivity contribution in [3.8, 4) is 11.5 Å². The fourth-order valence-electron chi connectivity index (χ4n) is 4.81. The van der Waals surface area contributed by atoms with Crippen LogP contribution in [0, 0.1) is 13.8 Å². The van der Waals surface area contributed by atoms with Gasteiger partial charge in [0.2, 0.25) is 5.76 Å². The molecule has 1 aliphatic rings. The summed E-state index contributed by atoms with van der Waals surface area (Å²) in [7, 11) is 0. The Morgan fingerprint density at radius 2 is 1.83 bits per heavy atom. The number of rotatable bonds is 10. The average Bonchev–Trinajstić information content (AvgIpc) is 3.09. The van der Waals surface area contributed by atoms with Crippen LogP contribution >= 0.6 is 0 Å². The Bertz CT molecular complexity index is 1290. The van der Waals surface area contributed by atoms with E-state index < -0.39 is 11.9 Å². The summed E-state index contributed by atoms with van der Waals surface area (Å²) < 4.78 is 17.9. The molecule has 0 saturated heterocycles. The number of ether oxygens (including phenoxy) is 2. The smallest absolute Gasteiger partial charge is 0.290 e. The van der Waals surface area contributed by atoms with E-state index in [0.717, 1.165) is 30.4 Å². The van der Waals surface area contributed by atoms with Gasteiger partial charge in [-0.25, -0.2) is 0 Å². The molecule has 3 aromatic rings. The van der Waals surface area contributed by atoms with Crippen molar-refractivity contribution in [2.75, 3.05) is 26.4 Å². The molecule has 7 nitrogen and oxygen atoms in total. The highest BCUT2D eigenvalue weighted by molar-refractivity contribution is 5.99. The second-order valence-electron chi connectivity index (χ2n) is 8.95. The third kappa shape index (κ3) is 4.65. The van der Waals surface area contributed by atoms with Gasteiger partial charge >= 0.3 is 0 Å². The molecule has 0 spiro atoms. The highest BCUT2D eigenvalue weighted by atomic mass is 16.5. The van der Waals surface area contributed by atoms with E-state index in [1.807, 2.05) is 45.0 Å². The Morgan fingerprint density at radius 3 is 2.54 bits per heavy atom. The Labute approximate surface area is 205 Å². The van der Waals surface area contributed by atoms with E-state index in [2.05, 4.69) is 6.92 Å². The van der Waals surface area contributed by atoms with Crippen LogP contribution in [0.15, 0.2) is 39.5 Å². The first-order valence-electron chi connectivity index (χ1n) is 12.3. The first-order chi connectivity index (χ1) is 16.9. The molecule has 0 fully saturated rings. The molecular formula is C28H33NO6. The van der Waals surface area contributed by atoms with E-state index in [0.29, 0.717) is 46.8 Å². The molecule has 1 unspecified atom stereocenters. The summed E-state index contributed by atoms with van der Waals surface area (Å²) in [5.74, 6) is 0.809. The minimum Gasteiger partial charge on any atom is -0.490 e. The molecule has 4 rings (SSSR count). The second-order valence-corrected chi connectivity index (χ2v) is 8.95. The molecule has 1 N–H and O–H groups in total. The van der Waals surface area contributed by atoms with Gasteiger partial charge in [0.05, 0.1) is 36.8 Å². The normalized spacial score (nSPS) is 15.1. The van der Waals surface area contributed by atoms with Crippen molar-refractivity contribution in [2.45, 2.75) is 53.0 Å². The molecule has 186 valence electrons. The van der Waals surface area contributed by atoms with Gasteiger partial charge in [0.25, 0.3) is 5.91 Å². The highest BCUT2D eigenvalue weighted by Gasteiger charge is 2.42. The molecule has 1 aliphatic heterocycles. The molecule has 0 saturated carbocycles. The van der Waals surface area contributed by atoms with Crippen LogP contribution in [-0.4, -0.2) is 42.3 Å². The van der Waals surface area contributed by atoms with Crippen LogP contribution in [0.5, 0.6) is 11.5 Å². The lowest BCUT2D eigenvalue weighted by Crippen LogP contribution is -2.32. The summed E-state index contributed by atoms with van der Waals surface area (Å²) in [6.07, 6.45) is 3.14. The number of hydrogen-bond acceptors (Lipinski definition) is 6. The molecule has 2 aromatic carbocycles. The zero-order valence-corrected chi connectivity index (χ0v) is 20.8. The molecular weight excluding hydrogens is 446 g/mol. The number of fused-ring (bicyclic) bond motifs is 2. The van der Waals surface area contributed by atoms with Gasteiger partial charge < -0.3 is 23.9 Å². The van der Waals surface area contributed by atoms with Crippen molar-refractivity contribution in [1.29, 1.82) is 0 Å². The number of benzene rings is 2. The number of β-amino-alcohol motifs (C(OH)–C–C–N with tert-alkyl or cyclic N) is 1. The van der Waals surface area contributed by atoms with E-state index in [-0.39, 0.29) is 24.3 Å². The summed E-state index contributed by atoms with van der Waals surface area (Å²) in [5.41, 5.74) is 2.91. The van der Waals surface area contributed by atoms with Gasteiger partial charge in [-0.2, -0.15) is 0 Å². The topological polar surface area (TPSA) is 89.2 Å². The zero-order valence-electron chi connectivity index (χ0n) is 20.8. The third-order valence-corrected chi connectivity index (χ3v) is 6.34. The lowest BCUT2D eigenvalue weighted by Gasteiger charge is -2.25. The van der Waals surface area contributed by atoms with Crippen molar-refractivity contribution in [3.05, 3.63) is 68.6 Å². The molecule has 35 heavy (non-hydrogen) atoms. The number of aryl methyl sites for hydroxylation is 2. The SMILES string of the molecule is CCCCCOc1ccc(C2c3c(oc4cc(C)cc(C)c4c3=O)C(=O)N2CCO)cc1OCC. The Morgan fingerprint density at radius 1 is 1.03 bits per heavy atom. The summed E-state index contributed by atoms with van der Waals surface area (Å²) in [4.78, 5) is 28.6. The van der Waals surface area contributed by atoms with Gasteiger partial charge in [-0.1, -0.05) is 31.9 Å². The van der Waals surface area contributed by atoms with Crippen LogP contribution in [0.1, 0.15) is 72.0 Å². The van der Waals surface area contributed by atoms with Gasteiger partial charge in [-0.3, -0.25) is 9.59 Å². The quantitative estimate of drug-likeness (QED) is 0.416. The van der Waals surface area contributed by atoms with Crippen LogP contribution in [0.2, 0.25) is 0 Å². The molecule has 2 heterocycles. The molecule has 0 radical (unpaired) electrons. The predicted molar refractivity (Wildman–Crippen MR) is 135 cm³/mol. The van der Waals surface area contributed by atoms with E-state index in [1.165, 1.54) is 4.90 Å². The largest absolute Gasteiger partial charge is 0.490 e. The first-order valence-corrected chi connectivity index (χ1v) is 12.3. The number of carbonyl (C=O) groups is 1. The van der Waals surface area contributed by atoms with Crippen LogP contribution in [0.25, 0.3) is 11.0 Å². The van der Waals surface area contributed by atoms with Crippen LogP contribution in [-0.2, 0) is 0 Å². The zero-order chi connectivity index (χ0) is 25.1. The lowest BCUT2D eigenvalue weighted by molar-refractivity contribution is 0.0691. The number of aliphatic hydroxyl groups is 1. The molecule has 1 atom stereocenters. The molecule has 7 heteroatoms. The fourth-order valence-corrected chi connectivity index (χ4v) is 4.81. The van der Waals surface area contributed by atoms with Crippen molar-refractivity contribution in [1.82, 2.24) is 4.90 Å². The minimum atomic E-state index is -0.695. The van der Waals surface area contributed by atoms with Gasteiger partial charge in [0.15, 0.2) is 16.9 Å². The summed E-state index contributed by atoms with van der Waals surface area (Å²) in [6.45, 7) is 8.69. The Kier molecular flexibility index (Phi) is 7.45. The van der Waals surface area contributed by atoms with Gasteiger partial charge in [0.1, 0.15) is 5.58 Å². The van der Waals surface area contributed by atoms with Crippen molar-refractivity contribution in [2.24, 2.45) is 0 Å². The Hall–Kier alpha value is -3.32. The number of amides is 1. The van der Waals surface area contributed by atoms with Gasteiger partial charge in [0, 0.05) is 6.54 Å². The maximum atomic E-state index is 13.8. The number of hydrogen-bond donors (Lipinski definition) is 1. The van der Waals surface area contributed by atoms with Gasteiger partial charge in [-0.05, 0) is 62.1 Å². The fraction of sp³-hybridized carbons (Fsp3) is 0.429. The maximum Gasteiger partial charge on any atom is 0.290 e. The maximum absolute atomic E-state index is 13.8. The third-order valence-electron chi connectivity index (χ3n) is 6.34. The number of aliphatic hydroxyl groups excluding tert-OH is 1. The van der Waals surface area contributed by atoms with E-state index in [1.54, 1.807) is 6.07 Å². The average molecular weight is 480 g/mol. The van der Waals surface area contributed by atoms with Crippen LogP contribution in [0.4, 0.5) is 0 Å². The van der Waals surface area contributed by atoms with E-state index >= 15 is 0 Å². The minimum absolute atomic E-state index is 0.0313. The second kappa shape index (κ2) is 10.5. The van der Waals surface area contributed by atoms with Gasteiger partial charge in [-0.15, -0.1) is 0 Å². The summed E-state index contributed by atoms with van der Waals surface area (Å²) in [5, 5.41) is 10.2. The highest BCUT2D eigenvalue weighted by Crippen LogP contribution is 2.41. The molecule has 0 bridgehead atoms. The number of carbonyl (C=O) groups excluding carboxylic acids is 1. The Balaban J connectivity index is 1.84. The van der Waals surface area contributed by atoms with Crippen molar-refractivity contribution in [3.63, 3.8) is 0 Å². The summed E-state index contributed by atoms with van der Waals surface area (Å²) in [6, 6.07) is 8.50. The number of unbranched alkanes of at least 4 members (excludes halogenated alkanes) is 2. The molecule has 1 aromatic heterocycles. The molecule has 0 aliphatic carbocycles. The molecule has 1 amide bonds. The van der Waals surface area contributed by atoms with E-state index in [9.17, 15) is 14.7 Å². The van der Waals surface area contributed by atoms with Crippen LogP contribution in [0.3, 0.4) is 0 Å². The first kappa shape index (κ1) is 24.8. The van der Waals surface area contributed by atoms with Crippen molar-refractivity contribution >= 4 is 16.9 Å². The summed E-state index contributed by atoms with van der Waals surface area (Å²) >= 11 is 0. The lowest BCUT2D eigenvalue weighted by atomic mass is 9.96. The van der Waals surface area contributed by atoms with Crippen LogP contribution < -0.4 is 14.9 Å². The monoisotopic (exact) mass is 479 g/mol. The van der Waals surface area contributed by atoms with E-state index in [4.69, 9.17) is 13.9 Å². The number of nitrogens with zero attached hydrogens (tertiary/aromatic N) is 1. The van der Waals surface area contributed by atoms with Crippen molar-refractivity contribution < 1.29 is 23.8 Å². The standard InChI is InChI=1S/C28H33NO6/c1-5-7-8-13-34-20-10-9-19(16-21(20)33-6-2)25-24-26(31)23-18(4)14-17(3)15-22(23)35-27(24)28(32)29(25)11-12-30/h9-10,14-16,25,30H,5-8,11-13H2,1-4H3. The predicted octanol–water partition coefficient (Wildman–Crippen LogP) is 4.92.